The van der Waals surface area contributed by atoms with Gasteiger partial charge in [0.05, 0.1) is 5.60 Å². The van der Waals surface area contributed by atoms with Gasteiger partial charge in [0.15, 0.2) is 0 Å². The van der Waals surface area contributed by atoms with E-state index in [0.29, 0.717) is 0 Å². The lowest BCUT2D eigenvalue weighted by atomic mass is 9.71. The molecule has 2 N–H and O–H groups in total. The highest BCUT2D eigenvalue weighted by molar-refractivity contribution is 7.81. The number of hydrogen-bond acceptors (Lipinski definition) is 3. The predicted molar refractivity (Wildman–Crippen MR) is 68.4 cm³/mol. The van der Waals surface area contributed by atoms with E-state index in [0.717, 1.165) is 11.3 Å². The van der Waals surface area contributed by atoms with Crippen LogP contribution < -0.4 is 4.72 Å². The SMILES string of the molecule is CC(C)(O)C(C)(C)c1ccccc1NS. The molecule has 0 aliphatic carbocycles. The minimum absolute atomic E-state index is 0.334. The van der Waals surface area contributed by atoms with E-state index >= 15 is 0 Å². The first-order valence-electron chi connectivity index (χ1n) is 5.02. The van der Waals surface area contributed by atoms with Crippen molar-refractivity contribution in [3.05, 3.63) is 29.8 Å². The molecule has 0 bridgehead atoms. The number of anilines is 1. The average molecular weight is 225 g/mol. The highest BCUT2D eigenvalue weighted by atomic mass is 32.1. The zero-order chi connectivity index (χ0) is 11.7. The van der Waals surface area contributed by atoms with E-state index in [4.69, 9.17) is 0 Å². The maximum absolute atomic E-state index is 10.2. The van der Waals surface area contributed by atoms with E-state index in [2.05, 4.69) is 17.5 Å². The molecule has 0 aromatic heterocycles. The van der Waals surface area contributed by atoms with Crippen LogP contribution in [0.25, 0.3) is 0 Å². The maximum atomic E-state index is 10.2. The lowest BCUT2D eigenvalue weighted by molar-refractivity contribution is 0.00995. The molecule has 0 unspecified atom stereocenters. The summed E-state index contributed by atoms with van der Waals surface area (Å²) in [7, 11) is 0. The number of aliphatic hydroxyl groups is 1. The number of nitrogens with one attached hydrogen (secondary N) is 1. The summed E-state index contributed by atoms with van der Waals surface area (Å²) in [4.78, 5) is 0. The van der Waals surface area contributed by atoms with Crippen LogP contribution in [-0.4, -0.2) is 10.7 Å². The molecule has 0 aliphatic heterocycles. The number of benzene rings is 1. The van der Waals surface area contributed by atoms with E-state index in [9.17, 15) is 5.11 Å². The first kappa shape index (κ1) is 12.4. The molecule has 0 atom stereocenters. The van der Waals surface area contributed by atoms with Gasteiger partial charge in [-0.1, -0.05) is 44.9 Å². The molecule has 0 aliphatic rings. The van der Waals surface area contributed by atoms with E-state index in [1.807, 2.05) is 52.0 Å². The zero-order valence-corrected chi connectivity index (χ0v) is 10.6. The smallest absolute Gasteiger partial charge is 0.0683 e. The number of hydrogen-bond donors (Lipinski definition) is 3. The second-order valence-electron chi connectivity index (χ2n) is 4.84. The largest absolute Gasteiger partial charge is 0.390 e. The second-order valence-corrected chi connectivity index (χ2v) is 5.07. The van der Waals surface area contributed by atoms with Crippen LogP contribution in [0.1, 0.15) is 33.3 Å². The highest BCUT2D eigenvalue weighted by Crippen LogP contribution is 2.38. The molecule has 84 valence electrons. The van der Waals surface area contributed by atoms with Crippen LogP contribution in [0.2, 0.25) is 0 Å². The summed E-state index contributed by atoms with van der Waals surface area (Å²) in [6.07, 6.45) is 0. The van der Waals surface area contributed by atoms with Gasteiger partial charge < -0.3 is 9.83 Å². The van der Waals surface area contributed by atoms with Crippen molar-refractivity contribution in [1.29, 1.82) is 0 Å². The molecule has 0 saturated heterocycles. The van der Waals surface area contributed by atoms with Crippen LogP contribution in [0.3, 0.4) is 0 Å². The third-order valence-corrected chi connectivity index (χ3v) is 3.49. The van der Waals surface area contributed by atoms with Crippen molar-refractivity contribution in [3.63, 3.8) is 0 Å². The van der Waals surface area contributed by atoms with E-state index in [1.165, 1.54) is 0 Å². The number of thiol groups is 1. The number of rotatable bonds is 3. The van der Waals surface area contributed by atoms with Crippen molar-refractivity contribution in [3.8, 4) is 0 Å². The van der Waals surface area contributed by atoms with Crippen molar-refractivity contribution >= 4 is 18.5 Å². The normalized spacial score (nSPS) is 12.7. The van der Waals surface area contributed by atoms with Crippen LogP contribution in [0, 0.1) is 0 Å². The Morgan fingerprint density at radius 1 is 1.13 bits per heavy atom. The monoisotopic (exact) mass is 225 g/mol. The van der Waals surface area contributed by atoms with E-state index in [1.54, 1.807) is 0 Å². The standard InChI is InChI=1S/C12H19NOS/c1-11(2,12(3,4)14)9-7-5-6-8-10(9)13-15/h5-8,13-15H,1-4H3. The molecular formula is C12H19NOS. The quantitative estimate of drug-likeness (QED) is 0.691. The summed E-state index contributed by atoms with van der Waals surface area (Å²) in [5, 5.41) is 10.2. The first-order valence-corrected chi connectivity index (χ1v) is 5.47. The molecule has 0 saturated carbocycles. The molecule has 0 amide bonds. The van der Waals surface area contributed by atoms with Gasteiger partial charge in [0.2, 0.25) is 0 Å². The summed E-state index contributed by atoms with van der Waals surface area (Å²) in [5.41, 5.74) is 0.882. The summed E-state index contributed by atoms with van der Waals surface area (Å²) in [5.74, 6) is 0. The maximum Gasteiger partial charge on any atom is 0.0683 e. The molecule has 0 heterocycles. The van der Waals surface area contributed by atoms with Gasteiger partial charge in [0.1, 0.15) is 0 Å². The Morgan fingerprint density at radius 2 is 1.67 bits per heavy atom. The third-order valence-electron chi connectivity index (χ3n) is 3.25. The van der Waals surface area contributed by atoms with Gasteiger partial charge in [-0.05, 0) is 25.5 Å². The molecule has 1 aromatic carbocycles. The van der Waals surface area contributed by atoms with Gasteiger partial charge in [-0.2, -0.15) is 0 Å². The second kappa shape index (κ2) is 4.06. The number of para-hydroxylation sites is 1. The Morgan fingerprint density at radius 3 is 2.13 bits per heavy atom. The lowest BCUT2D eigenvalue weighted by Gasteiger charge is -2.38. The van der Waals surface area contributed by atoms with Gasteiger partial charge in [-0.15, -0.1) is 0 Å². The Hall–Kier alpha value is -0.670. The average Bonchev–Trinajstić information content (AvgIpc) is 2.16. The fourth-order valence-electron chi connectivity index (χ4n) is 1.46. The lowest BCUT2D eigenvalue weighted by Crippen LogP contribution is -2.42. The van der Waals surface area contributed by atoms with E-state index < -0.39 is 5.60 Å². The summed E-state index contributed by atoms with van der Waals surface area (Å²) in [6, 6.07) is 7.88. The van der Waals surface area contributed by atoms with Crippen molar-refractivity contribution in [1.82, 2.24) is 0 Å². The summed E-state index contributed by atoms with van der Waals surface area (Å²) >= 11 is 4.08. The molecule has 1 rings (SSSR count). The molecule has 1 aromatic rings. The molecule has 2 nitrogen and oxygen atoms in total. The highest BCUT2D eigenvalue weighted by Gasteiger charge is 2.37. The molecular weight excluding hydrogens is 206 g/mol. The van der Waals surface area contributed by atoms with E-state index in [-0.39, 0.29) is 5.41 Å². The molecule has 0 radical (unpaired) electrons. The Kier molecular flexibility index (Phi) is 3.36. The van der Waals surface area contributed by atoms with Crippen LogP contribution in [0.4, 0.5) is 5.69 Å². The summed E-state index contributed by atoms with van der Waals surface area (Å²) in [6.45, 7) is 7.69. The molecule has 3 heteroatoms. The molecule has 0 spiro atoms. The Bertz CT molecular complexity index is 342. The Balaban J connectivity index is 3.26. The van der Waals surface area contributed by atoms with Crippen molar-refractivity contribution in [2.24, 2.45) is 0 Å². The minimum Gasteiger partial charge on any atom is -0.390 e. The zero-order valence-electron chi connectivity index (χ0n) is 9.70. The fraction of sp³-hybridized carbons (Fsp3) is 0.500. The van der Waals surface area contributed by atoms with Gasteiger partial charge in [0.25, 0.3) is 0 Å². The summed E-state index contributed by atoms with van der Waals surface area (Å²) < 4.78 is 2.86. The Labute approximate surface area is 97.3 Å². The fourth-order valence-corrected chi connectivity index (χ4v) is 1.65. The minimum atomic E-state index is -0.784. The van der Waals surface area contributed by atoms with Crippen LogP contribution >= 0.6 is 12.8 Å². The van der Waals surface area contributed by atoms with Crippen molar-refractivity contribution < 1.29 is 5.11 Å². The van der Waals surface area contributed by atoms with Gasteiger partial charge in [-0.25, -0.2) is 0 Å². The third kappa shape index (κ3) is 2.29. The van der Waals surface area contributed by atoms with Crippen LogP contribution in [0.15, 0.2) is 24.3 Å². The first-order chi connectivity index (χ1) is 6.80. The van der Waals surface area contributed by atoms with Gasteiger partial charge >= 0.3 is 0 Å². The van der Waals surface area contributed by atoms with Gasteiger partial charge in [-0.3, -0.25) is 0 Å². The van der Waals surface area contributed by atoms with Crippen LogP contribution in [-0.2, 0) is 5.41 Å². The molecule has 0 fully saturated rings. The van der Waals surface area contributed by atoms with Crippen molar-refractivity contribution in [2.45, 2.75) is 38.7 Å². The van der Waals surface area contributed by atoms with Gasteiger partial charge in [0, 0.05) is 11.1 Å². The topological polar surface area (TPSA) is 32.3 Å². The van der Waals surface area contributed by atoms with Crippen molar-refractivity contribution in [2.75, 3.05) is 4.72 Å². The van der Waals surface area contributed by atoms with Crippen LogP contribution in [0.5, 0.6) is 0 Å². The predicted octanol–water partition coefficient (Wildman–Crippen LogP) is 2.99. The molecule has 15 heavy (non-hydrogen) atoms.